The maximum Gasteiger partial charge on any atom is 0.224 e. The molecule has 16 heavy (non-hydrogen) atoms. The molecule has 0 atom stereocenters. The van der Waals surface area contributed by atoms with Crippen molar-refractivity contribution in [2.45, 2.75) is 6.92 Å². The molecule has 0 fully saturated rings. The third kappa shape index (κ3) is 1.82. The van der Waals surface area contributed by atoms with E-state index in [-0.39, 0.29) is 0 Å². The molecule has 0 unspecified atom stereocenters. The predicted octanol–water partition coefficient (Wildman–Crippen LogP) is 2.08. The lowest BCUT2D eigenvalue weighted by Gasteiger charge is -2.09. The van der Waals surface area contributed by atoms with Crippen molar-refractivity contribution in [3.05, 3.63) is 35.9 Å². The zero-order chi connectivity index (χ0) is 11.5. The molecule has 0 amide bonds. The summed E-state index contributed by atoms with van der Waals surface area (Å²) in [4.78, 5) is 8.55. The molecule has 2 rings (SSSR count). The van der Waals surface area contributed by atoms with Gasteiger partial charge < -0.3 is 11.1 Å². The Balaban J connectivity index is 2.60. The van der Waals surface area contributed by atoms with Crippen LogP contribution in [0.4, 0.5) is 11.8 Å². The van der Waals surface area contributed by atoms with Gasteiger partial charge in [0.05, 0.1) is 5.69 Å². The first-order chi connectivity index (χ1) is 7.72. The van der Waals surface area contributed by atoms with Crippen LogP contribution in [0, 0.1) is 6.92 Å². The fraction of sp³-hybridized carbons (Fsp3) is 0.167. The number of anilines is 2. The van der Waals surface area contributed by atoms with Crippen LogP contribution < -0.4 is 11.1 Å². The Labute approximate surface area is 94.5 Å². The third-order valence-electron chi connectivity index (χ3n) is 2.45. The molecule has 1 aromatic heterocycles. The molecule has 0 aliphatic rings. The van der Waals surface area contributed by atoms with Gasteiger partial charge in [-0.15, -0.1) is 0 Å². The summed E-state index contributed by atoms with van der Waals surface area (Å²) in [5, 5.41) is 2.90. The zero-order valence-corrected chi connectivity index (χ0v) is 9.36. The number of hydrogen-bond donors (Lipinski definition) is 2. The summed E-state index contributed by atoms with van der Waals surface area (Å²) >= 11 is 0. The van der Waals surface area contributed by atoms with Crippen LogP contribution in [0.5, 0.6) is 0 Å². The van der Waals surface area contributed by atoms with Crippen molar-refractivity contribution < 1.29 is 0 Å². The summed E-state index contributed by atoms with van der Waals surface area (Å²) in [7, 11) is 1.78. The molecule has 4 heteroatoms. The number of rotatable bonds is 2. The molecule has 3 N–H and O–H groups in total. The molecule has 82 valence electrons. The maximum absolute atomic E-state index is 5.84. The van der Waals surface area contributed by atoms with Crippen molar-refractivity contribution in [2.24, 2.45) is 0 Å². The highest BCUT2D eigenvalue weighted by atomic mass is 15.1. The van der Waals surface area contributed by atoms with Crippen LogP contribution >= 0.6 is 0 Å². The van der Waals surface area contributed by atoms with E-state index in [1.807, 2.05) is 37.3 Å². The average Bonchev–Trinajstić information content (AvgIpc) is 2.33. The molecule has 0 radical (unpaired) electrons. The molecule has 0 bridgehead atoms. The van der Waals surface area contributed by atoms with Crippen LogP contribution in [0.3, 0.4) is 0 Å². The van der Waals surface area contributed by atoms with E-state index < -0.39 is 0 Å². The van der Waals surface area contributed by atoms with E-state index in [2.05, 4.69) is 15.3 Å². The van der Waals surface area contributed by atoms with E-state index in [1.54, 1.807) is 7.05 Å². The second kappa shape index (κ2) is 4.18. The second-order valence-corrected chi connectivity index (χ2v) is 3.52. The fourth-order valence-corrected chi connectivity index (χ4v) is 1.52. The van der Waals surface area contributed by atoms with Crippen molar-refractivity contribution >= 4 is 11.8 Å². The molecule has 0 aliphatic carbocycles. The van der Waals surface area contributed by atoms with Gasteiger partial charge in [0.1, 0.15) is 5.82 Å². The van der Waals surface area contributed by atoms with E-state index >= 15 is 0 Å². The first kappa shape index (κ1) is 10.4. The number of nitrogens with two attached hydrogens (primary N) is 1. The van der Waals surface area contributed by atoms with E-state index in [0.717, 1.165) is 16.8 Å². The number of nitrogen functional groups attached to an aromatic ring is 1. The van der Waals surface area contributed by atoms with Crippen LogP contribution in [0.2, 0.25) is 0 Å². The van der Waals surface area contributed by atoms with Crippen LogP contribution in [0.25, 0.3) is 11.3 Å². The summed E-state index contributed by atoms with van der Waals surface area (Å²) in [6.45, 7) is 1.93. The number of benzene rings is 1. The quantitative estimate of drug-likeness (QED) is 0.803. The Morgan fingerprint density at radius 2 is 1.81 bits per heavy atom. The minimum Gasteiger partial charge on any atom is -0.383 e. The minimum atomic E-state index is 0.512. The summed E-state index contributed by atoms with van der Waals surface area (Å²) < 4.78 is 0. The second-order valence-electron chi connectivity index (χ2n) is 3.52. The highest BCUT2D eigenvalue weighted by Crippen LogP contribution is 2.24. The first-order valence-corrected chi connectivity index (χ1v) is 5.09. The summed E-state index contributed by atoms with van der Waals surface area (Å²) in [6.07, 6.45) is 0. The smallest absolute Gasteiger partial charge is 0.224 e. The molecule has 4 nitrogen and oxygen atoms in total. The molecule has 1 aromatic carbocycles. The van der Waals surface area contributed by atoms with Gasteiger partial charge in [-0.3, -0.25) is 0 Å². The Hall–Kier alpha value is -2.10. The van der Waals surface area contributed by atoms with E-state index in [4.69, 9.17) is 5.73 Å². The van der Waals surface area contributed by atoms with Crippen molar-refractivity contribution in [1.29, 1.82) is 0 Å². The first-order valence-electron chi connectivity index (χ1n) is 5.09. The van der Waals surface area contributed by atoms with E-state index in [0.29, 0.717) is 11.8 Å². The number of aromatic nitrogens is 2. The topological polar surface area (TPSA) is 63.8 Å². The van der Waals surface area contributed by atoms with Gasteiger partial charge in [0.15, 0.2) is 0 Å². The molecule has 0 saturated carbocycles. The van der Waals surface area contributed by atoms with Gasteiger partial charge in [0.2, 0.25) is 5.95 Å². The molecule has 0 aliphatic heterocycles. The van der Waals surface area contributed by atoms with Gasteiger partial charge in [0, 0.05) is 18.2 Å². The summed E-state index contributed by atoms with van der Waals surface area (Å²) in [5.41, 5.74) is 8.67. The zero-order valence-electron chi connectivity index (χ0n) is 9.36. The van der Waals surface area contributed by atoms with Crippen LogP contribution in [-0.2, 0) is 0 Å². The van der Waals surface area contributed by atoms with Crippen molar-refractivity contribution in [2.75, 3.05) is 18.1 Å². The monoisotopic (exact) mass is 214 g/mol. The highest BCUT2D eigenvalue weighted by molar-refractivity contribution is 5.68. The Kier molecular flexibility index (Phi) is 2.72. The molecule has 2 aromatic rings. The lowest BCUT2D eigenvalue weighted by atomic mass is 10.1. The van der Waals surface area contributed by atoms with Gasteiger partial charge in [-0.25, -0.2) is 4.98 Å². The van der Waals surface area contributed by atoms with Gasteiger partial charge >= 0.3 is 0 Å². The molecule has 0 saturated heterocycles. The van der Waals surface area contributed by atoms with E-state index in [9.17, 15) is 0 Å². The van der Waals surface area contributed by atoms with E-state index in [1.165, 1.54) is 0 Å². The molecule has 1 heterocycles. The van der Waals surface area contributed by atoms with Gasteiger partial charge in [0.25, 0.3) is 0 Å². The highest BCUT2D eigenvalue weighted by Gasteiger charge is 2.09. The van der Waals surface area contributed by atoms with Gasteiger partial charge in [-0.05, 0) is 6.92 Å². The standard InChI is InChI=1S/C12H14N4/c1-8-10(9-6-4-3-5-7-9)15-12(14-2)16-11(8)13/h3-7H,1-2H3,(H3,13,14,15,16). The molecular formula is C12H14N4. The van der Waals surface area contributed by atoms with Crippen molar-refractivity contribution in [3.8, 4) is 11.3 Å². The van der Waals surface area contributed by atoms with Crippen molar-refractivity contribution in [3.63, 3.8) is 0 Å². The minimum absolute atomic E-state index is 0.512. The Morgan fingerprint density at radius 1 is 1.12 bits per heavy atom. The van der Waals surface area contributed by atoms with Crippen LogP contribution in [0.1, 0.15) is 5.56 Å². The lowest BCUT2D eigenvalue weighted by Crippen LogP contribution is -2.04. The van der Waals surface area contributed by atoms with Crippen LogP contribution in [0.15, 0.2) is 30.3 Å². The maximum atomic E-state index is 5.84. The largest absolute Gasteiger partial charge is 0.383 e. The SMILES string of the molecule is CNc1nc(N)c(C)c(-c2ccccc2)n1. The van der Waals surface area contributed by atoms with Gasteiger partial charge in [-0.1, -0.05) is 30.3 Å². The third-order valence-corrected chi connectivity index (χ3v) is 2.45. The van der Waals surface area contributed by atoms with Gasteiger partial charge in [-0.2, -0.15) is 4.98 Å². The Morgan fingerprint density at radius 3 is 2.44 bits per heavy atom. The number of nitrogens with zero attached hydrogens (tertiary/aromatic N) is 2. The summed E-state index contributed by atoms with van der Waals surface area (Å²) in [6, 6.07) is 9.95. The van der Waals surface area contributed by atoms with Crippen molar-refractivity contribution in [1.82, 2.24) is 9.97 Å². The summed E-state index contributed by atoms with van der Waals surface area (Å²) in [5.74, 6) is 1.06. The lowest BCUT2D eigenvalue weighted by molar-refractivity contribution is 1.13. The fourth-order valence-electron chi connectivity index (χ4n) is 1.52. The number of hydrogen-bond acceptors (Lipinski definition) is 4. The predicted molar refractivity (Wildman–Crippen MR) is 66.2 cm³/mol. The molecular weight excluding hydrogens is 200 g/mol. The normalized spacial score (nSPS) is 10.1. The average molecular weight is 214 g/mol. The molecule has 0 spiro atoms. The van der Waals surface area contributed by atoms with Crippen LogP contribution in [-0.4, -0.2) is 17.0 Å². The number of nitrogens with one attached hydrogen (secondary N) is 1. The Bertz CT molecular complexity index is 494.